The molecule has 0 fully saturated rings. The van der Waals surface area contributed by atoms with E-state index in [1.54, 1.807) is 51.7 Å². The van der Waals surface area contributed by atoms with Crippen molar-refractivity contribution in [3.05, 3.63) is 77.4 Å². The first kappa shape index (κ1) is 24.3. The number of benzene rings is 3. The summed E-state index contributed by atoms with van der Waals surface area (Å²) in [4.78, 5) is 12.6. The molecule has 34 heavy (non-hydrogen) atoms. The molecule has 0 aliphatic rings. The summed E-state index contributed by atoms with van der Waals surface area (Å²) in [5.41, 5.74) is 2.64. The molecule has 1 amide bonds. The number of aromatic hydroxyl groups is 1. The summed E-state index contributed by atoms with van der Waals surface area (Å²) in [6.45, 7) is 0. The lowest BCUT2D eigenvalue weighted by atomic mass is 10.1. The number of ether oxygens (including phenoxy) is 4. The van der Waals surface area contributed by atoms with Crippen molar-refractivity contribution in [2.45, 2.75) is 0 Å². The predicted molar refractivity (Wildman–Crippen MR) is 134 cm³/mol. The highest BCUT2D eigenvalue weighted by Gasteiger charge is 2.15. The molecule has 7 heteroatoms. The number of anilines is 1. The molecule has 0 atom stereocenters. The lowest BCUT2D eigenvalue weighted by molar-refractivity contribution is -0.111. The number of hydrogen-bond acceptors (Lipinski definition) is 6. The van der Waals surface area contributed by atoms with Crippen LogP contribution in [-0.4, -0.2) is 39.5 Å². The smallest absolute Gasteiger partial charge is 0.248 e. The van der Waals surface area contributed by atoms with Crippen molar-refractivity contribution in [3.8, 4) is 28.7 Å². The summed E-state index contributed by atoms with van der Waals surface area (Å²) in [5.74, 6) is 1.23. The molecule has 0 bridgehead atoms. The van der Waals surface area contributed by atoms with Crippen LogP contribution in [0.2, 0.25) is 0 Å². The van der Waals surface area contributed by atoms with Gasteiger partial charge in [-0.1, -0.05) is 42.5 Å². The molecule has 0 spiro atoms. The summed E-state index contributed by atoms with van der Waals surface area (Å²) in [6.07, 6.45) is 6.74. The number of carbonyl (C=O) groups is 1. The van der Waals surface area contributed by atoms with Crippen LogP contribution in [0.25, 0.3) is 18.2 Å². The largest absolute Gasteiger partial charge is 0.504 e. The van der Waals surface area contributed by atoms with Crippen molar-refractivity contribution in [2.24, 2.45) is 0 Å². The Morgan fingerprint density at radius 2 is 1.41 bits per heavy atom. The minimum Gasteiger partial charge on any atom is -0.504 e. The van der Waals surface area contributed by atoms with Gasteiger partial charge in [0.25, 0.3) is 0 Å². The van der Waals surface area contributed by atoms with Gasteiger partial charge in [-0.2, -0.15) is 0 Å². The van der Waals surface area contributed by atoms with Gasteiger partial charge < -0.3 is 29.4 Å². The minimum atomic E-state index is -0.366. The van der Waals surface area contributed by atoms with Crippen molar-refractivity contribution in [1.29, 1.82) is 0 Å². The number of hydrogen-bond donors (Lipinski definition) is 2. The first-order chi connectivity index (χ1) is 16.5. The van der Waals surface area contributed by atoms with Crippen LogP contribution in [0.3, 0.4) is 0 Å². The van der Waals surface area contributed by atoms with E-state index in [1.165, 1.54) is 19.3 Å². The maximum Gasteiger partial charge on any atom is 0.248 e. The van der Waals surface area contributed by atoms with Gasteiger partial charge in [0.15, 0.2) is 23.0 Å². The average Bonchev–Trinajstić information content (AvgIpc) is 2.87. The third kappa shape index (κ3) is 5.69. The molecule has 0 aliphatic heterocycles. The molecule has 3 rings (SSSR count). The van der Waals surface area contributed by atoms with Crippen molar-refractivity contribution in [1.82, 2.24) is 0 Å². The van der Waals surface area contributed by atoms with E-state index < -0.39 is 0 Å². The Labute approximate surface area is 198 Å². The summed E-state index contributed by atoms with van der Waals surface area (Å²) in [6, 6.07) is 16.3. The third-order valence-corrected chi connectivity index (χ3v) is 4.99. The van der Waals surface area contributed by atoms with Gasteiger partial charge in [0, 0.05) is 11.6 Å². The van der Waals surface area contributed by atoms with Crippen molar-refractivity contribution in [2.75, 3.05) is 33.8 Å². The zero-order chi connectivity index (χ0) is 24.5. The van der Waals surface area contributed by atoms with Crippen LogP contribution in [0.5, 0.6) is 28.7 Å². The van der Waals surface area contributed by atoms with Crippen LogP contribution in [0.1, 0.15) is 16.7 Å². The summed E-state index contributed by atoms with van der Waals surface area (Å²) >= 11 is 0. The van der Waals surface area contributed by atoms with E-state index in [-0.39, 0.29) is 17.4 Å². The van der Waals surface area contributed by atoms with Crippen LogP contribution < -0.4 is 24.3 Å². The van der Waals surface area contributed by atoms with Gasteiger partial charge in [-0.3, -0.25) is 4.79 Å². The third-order valence-electron chi connectivity index (χ3n) is 4.99. The maximum absolute atomic E-state index is 12.6. The second-order valence-electron chi connectivity index (χ2n) is 7.11. The number of methoxy groups -OCH3 is 4. The van der Waals surface area contributed by atoms with Crippen LogP contribution >= 0.6 is 0 Å². The van der Waals surface area contributed by atoms with E-state index in [0.717, 1.165) is 11.1 Å². The second kappa shape index (κ2) is 11.5. The lowest BCUT2D eigenvalue weighted by Crippen LogP contribution is -2.10. The lowest BCUT2D eigenvalue weighted by Gasteiger charge is -2.14. The van der Waals surface area contributed by atoms with Gasteiger partial charge in [0.05, 0.1) is 34.1 Å². The Balaban J connectivity index is 1.94. The molecule has 176 valence electrons. The van der Waals surface area contributed by atoms with Crippen LogP contribution in [0.15, 0.2) is 60.7 Å². The fraction of sp³-hybridized carbons (Fsp3) is 0.148. The van der Waals surface area contributed by atoms with Gasteiger partial charge in [-0.05, 0) is 41.5 Å². The van der Waals surface area contributed by atoms with E-state index in [1.807, 2.05) is 36.4 Å². The Bertz CT molecular complexity index is 1180. The molecule has 7 nitrogen and oxygen atoms in total. The molecule has 0 saturated heterocycles. The molecular weight excluding hydrogens is 434 g/mol. The van der Waals surface area contributed by atoms with E-state index in [2.05, 4.69) is 5.32 Å². The van der Waals surface area contributed by atoms with Crippen LogP contribution in [0, 0.1) is 0 Å². The van der Waals surface area contributed by atoms with E-state index >= 15 is 0 Å². The highest BCUT2D eigenvalue weighted by Crippen LogP contribution is 2.40. The van der Waals surface area contributed by atoms with Crippen molar-refractivity contribution >= 4 is 29.8 Å². The molecule has 0 heterocycles. The van der Waals surface area contributed by atoms with E-state index in [4.69, 9.17) is 18.9 Å². The molecule has 0 saturated carbocycles. The molecule has 0 unspecified atom stereocenters. The molecule has 3 aromatic rings. The Morgan fingerprint density at radius 3 is 2.00 bits per heavy atom. The number of phenols is 1. The SMILES string of the molecule is COc1cc(C=Cc2ccc(O)c(OC)c2NC(=O)C=Cc2ccccc2)cc(OC)c1OC. The molecule has 2 N–H and O–H groups in total. The Kier molecular flexibility index (Phi) is 8.18. The van der Waals surface area contributed by atoms with Crippen LogP contribution in [-0.2, 0) is 4.79 Å². The molecule has 0 radical (unpaired) electrons. The highest BCUT2D eigenvalue weighted by atomic mass is 16.5. The predicted octanol–water partition coefficient (Wildman–Crippen LogP) is 5.25. The fourth-order valence-corrected chi connectivity index (χ4v) is 3.35. The first-order valence-electron chi connectivity index (χ1n) is 10.4. The monoisotopic (exact) mass is 461 g/mol. The second-order valence-corrected chi connectivity index (χ2v) is 7.11. The fourth-order valence-electron chi connectivity index (χ4n) is 3.35. The summed E-state index contributed by atoms with van der Waals surface area (Å²) < 4.78 is 21.5. The first-order valence-corrected chi connectivity index (χ1v) is 10.4. The Morgan fingerprint density at radius 1 is 0.765 bits per heavy atom. The van der Waals surface area contributed by atoms with Crippen molar-refractivity contribution < 1.29 is 28.8 Å². The zero-order valence-corrected chi connectivity index (χ0v) is 19.5. The number of carbonyl (C=O) groups excluding carboxylic acids is 1. The number of rotatable bonds is 9. The quantitative estimate of drug-likeness (QED) is 0.334. The molecule has 0 aliphatic carbocycles. The summed E-state index contributed by atoms with van der Waals surface area (Å²) in [7, 11) is 6.06. The van der Waals surface area contributed by atoms with Gasteiger partial charge in [-0.15, -0.1) is 0 Å². The number of amides is 1. The topological polar surface area (TPSA) is 86.2 Å². The number of nitrogens with one attached hydrogen (secondary N) is 1. The zero-order valence-electron chi connectivity index (χ0n) is 19.5. The van der Waals surface area contributed by atoms with Gasteiger partial charge >= 0.3 is 0 Å². The Hall–Kier alpha value is -4.39. The highest BCUT2D eigenvalue weighted by molar-refractivity contribution is 6.04. The summed E-state index contributed by atoms with van der Waals surface area (Å²) in [5, 5.41) is 13.1. The van der Waals surface area contributed by atoms with Gasteiger partial charge in [-0.25, -0.2) is 0 Å². The van der Waals surface area contributed by atoms with Crippen molar-refractivity contribution in [3.63, 3.8) is 0 Å². The molecule has 3 aromatic carbocycles. The maximum atomic E-state index is 12.6. The average molecular weight is 462 g/mol. The normalized spacial score (nSPS) is 10.9. The minimum absolute atomic E-state index is 0.0882. The van der Waals surface area contributed by atoms with Crippen LogP contribution in [0.4, 0.5) is 5.69 Å². The molecule has 0 aromatic heterocycles. The standard InChI is InChI=1S/C27H27NO6/c1-31-22-16-19(17-23(32-2)27(22)34-4)10-12-20-13-14-21(29)26(33-3)25(20)28-24(30)15-11-18-8-6-5-7-9-18/h5-17,29H,1-4H3,(H,28,30). The van der Waals surface area contributed by atoms with E-state index in [0.29, 0.717) is 28.5 Å². The van der Waals surface area contributed by atoms with Gasteiger partial charge in [0.1, 0.15) is 0 Å². The van der Waals surface area contributed by atoms with E-state index in [9.17, 15) is 9.90 Å². The molecular formula is C27H27NO6. The number of phenolic OH excluding ortho intramolecular Hbond substituents is 1. The van der Waals surface area contributed by atoms with Gasteiger partial charge in [0.2, 0.25) is 11.7 Å².